The van der Waals surface area contributed by atoms with E-state index in [4.69, 9.17) is 10.00 Å². The van der Waals surface area contributed by atoms with Crippen LogP contribution in [-0.2, 0) is 9.53 Å². The molecule has 0 amide bonds. The Morgan fingerprint density at radius 1 is 1.17 bits per heavy atom. The van der Waals surface area contributed by atoms with Crippen LogP contribution in [0.25, 0.3) is 5.57 Å². The Morgan fingerprint density at radius 3 is 2.26 bits per heavy atom. The van der Waals surface area contributed by atoms with Crippen molar-refractivity contribution in [2.75, 3.05) is 6.61 Å². The molecule has 0 aliphatic heterocycles. The lowest BCUT2D eigenvalue weighted by Gasteiger charge is -2.30. The molecule has 0 aliphatic rings. The van der Waals surface area contributed by atoms with Gasteiger partial charge >= 0.3 is 5.97 Å². The molecular formula is C19H23NO3. The highest BCUT2D eigenvalue weighted by Crippen LogP contribution is 2.29. The summed E-state index contributed by atoms with van der Waals surface area (Å²) in [5.74, 6) is -0.489. The molecule has 0 aliphatic carbocycles. The molecule has 1 aromatic rings. The van der Waals surface area contributed by atoms with Gasteiger partial charge in [-0.2, -0.15) is 5.26 Å². The van der Waals surface area contributed by atoms with E-state index in [0.717, 1.165) is 0 Å². The lowest BCUT2D eigenvalue weighted by Crippen LogP contribution is -2.38. The number of hydrogen-bond acceptors (Lipinski definition) is 4. The zero-order valence-corrected chi connectivity index (χ0v) is 14.4. The first-order valence-corrected chi connectivity index (χ1v) is 7.40. The van der Waals surface area contributed by atoms with Crippen LogP contribution < -0.4 is 0 Å². The molecule has 0 saturated carbocycles. The predicted molar refractivity (Wildman–Crippen MR) is 89.6 cm³/mol. The zero-order chi connectivity index (χ0) is 17.8. The van der Waals surface area contributed by atoms with Crippen LogP contribution in [0.5, 0.6) is 0 Å². The Bertz CT molecular complexity index is 673. The first kappa shape index (κ1) is 18.6. The second kappa shape index (κ2) is 6.78. The number of nitriles is 1. The number of carbonyl (C=O) groups is 2. The lowest BCUT2D eigenvalue weighted by molar-refractivity contribution is -0.137. The molecule has 0 heterocycles. The van der Waals surface area contributed by atoms with Gasteiger partial charge in [-0.1, -0.05) is 39.5 Å². The first-order chi connectivity index (χ1) is 10.5. The van der Waals surface area contributed by atoms with Crippen molar-refractivity contribution in [3.05, 3.63) is 42.0 Å². The molecule has 1 aromatic carbocycles. The van der Waals surface area contributed by atoms with Crippen molar-refractivity contribution < 1.29 is 14.3 Å². The summed E-state index contributed by atoms with van der Waals surface area (Å²) in [4.78, 5) is 24.6. The van der Waals surface area contributed by atoms with Crippen molar-refractivity contribution in [2.24, 2.45) is 10.8 Å². The van der Waals surface area contributed by atoms with Crippen molar-refractivity contribution in [2.45, 2.75) is 34.6 Å². The van der Waals surface area contributed by atoms with Crippen LogP contribution in [-0.4, -0.2) is 18.4 Å². The zero-order valence-electron chi connectivity index (χ0n) is 14.4. The number of ketones is 1. The minimum atomic E-state index is -0.762. The average molecular weight is 313 g/mol. The Morgan fingerprint density at radius 2 is 1.74 bits per heavy atom. The molecule has 0 atom stereocenters. The van der Waals surface area contributed by atoms with Crippen LogP contribution in [0.15, 0.2) is 30.8 Å². The number of carbonyl (C=O) groups excluding carboxylic acids is 2. The largest absolute Gasteiger partial charge is 0.461 e. The summed E-state index contributed by atoms with van der Waals surface area (Å²) in [5.41, 5.74) is -0.0740. The van der Waals surface area contributed by atoms with Gasteiger partial charge in [0.2, 0.25) is 0 Å². The van der Waals surface area contributed by atoms with Gasteiger partial charge in [-0.25, -0.2) is 4.79 Å². The summed E-state index contributed by atoms with van der Waals surface area (Å²) < 4.78 is 5.31. The SMILES string of the molecule is C=C(C#N)c1cccc(C(=O)OCC(C)(C)C(=O)C(C)(C)C)c1. The van der Waals surface area contributed by atoms with Gasteiger partial charge in [0.05, 0.1) is 22.6 Å². The summed E-state index contributed by atoms with van der Waals surface area (Å²) in [6.45, 7) is 12.7. The second-order valence-electron chi connectivity index (χ2n) is 7.21. The Hall–Kier alpha value is -2.41. The third-order valence-corrected chi connectivity index (χ3v) is 3.44. The van der Waals surface area contributed by atoms with Crippen molar-refractivity contribution in [1.29, 1.82) is 5.26 Å². The molecule has 0 unspecified atom stereocenters. The number of hydrogen-bond donors (Lipinski definition) is 0. The number of Topliss-reactive ketones (excluding diaryl/α,β-unsaturated/α-hetero) is 1. The van der Waals surface area contributed by atoms with E-state index >= 15 is 0 Å². The van der Waals surface area contributed by atoms with E-state index in [1.165, 1.54) is 0 Å². The molecule has 122 valence electrons. The van der Waals surface area contributed by atoms with Gasteiger partial charge in [-0.3, -0.25) is 4.79 Å². The topological polar surface area (TPSA) is 67.2 Å². The van der Waals surface area contributed by atoms with Crippen LogP contribution in [0.3, 0.4) is 0 Å². The molecule has 0 saturated heterocycles. The molecule has 23 heavy (non-hydrogen) atoms. The molecule has 0 aromatic heterocycles. The van der Waals surface area contributed by atoms with Crippen LogP contribution >= 0.6 is 0 Å². The Labute approximate surface area is 137 Å². The molecule has 0 bridgehead atoms. The van der Waals surface area contributed by atoms with E-state index in [0.29, 0.717) is 11.1 Å². The highest BCUT2D eigenvalue weighted by atomic mass is 16.5. The third kappa shape index (κ3) is 4.79. The van der Waals surface area contributed by atoms with Crippen molar-refractivity contribution in [3.8, 4) is 6.07 Å². The van der Waals surface area contributed by atoms with Crippen molar-refractivity contribution in [3.63, 3.8) is 0 Å². The summed E-state index contributed by atoms with van der Waals surface area (Å²) in [5, 5.41) is 8.86. The molecule has 4 heteroatoms. The minimum absolute atomic E-state index is 0.00532. The molecule has 4 nitrogen and oxygen atoms in total. The van der Waals surface area contributed by atoms with Gasteiger partial charge in [-0.15, -0.1) is 0 Å². The fraction of sp³-hybridized carbons (Fsp3) is 0.421. The fourth-order valence-electron chi connectivity index (χ4n) is 2.31. The standard InChI is InChI=1S/C19H23NO3/c1-13(11-20)14-8-7-9-15(10-14)16(21)23-12-19(5,6)17(22)18(2,3)4/h7-10H,1,12H2,2-6H3. The average Bonchev–Trinajstić information content (AvgIpc) is 2.50. The highest BCUT2D eigenvalue weighted by molar-refractivity contribution is 5.92. The number of nitrogens with zero attached hydrogens (tertiary/aromatic N) is 1. The Kier molecular flexibility index (Phi) is 5.50. The van der Waals surface area contributed by atoms with E-state index in [9.17, 15) is 9.59 Å². The van der Waals surface area contributed by atoms with Gasteiger partial charge in [0.1, 0.15) is 12.4 Å². The van der Waals surface area contributed by atoms with Crippen molar-refractivity contribution >= 4 is 17.3 Å². The number of rotatable bonds is 5. The lowest BCUT2D eigenvalue weighted by atomic mass is 9.75. The summed E-state index contributed by atoms with van der Waals surface area (Å²) in [6.07, 6.45) is 0. The van der Waals surface area contributed by atoms with E-state index in [1.807, 2.05) is 26.8 Å². The fourth-order valence-corrected chi connectivity index (χ4v) is 2.31. The predicted octanol–water partition coefficient (Wildman–Crippen LogP) is 4.02. The second-order valence-corrected chi connectivity index (χ2v) is 7.21. The smallest absolute Gasteiger partial charge is 0.338 e. The van der Waals surface area contributed by atoms with E-state index < -0.39 is 16.8 Å². The van der Waals surface area contributed by atoms with Crippen LogP contribution in [0.4, 0.5) is 0 Å². The van der Waals surface area contributed by atoms with Crippen molar-refractivity contribution in [1.82, 2.24) is 0 Å². The number of ether oxygens (including phenoxy) is 1. The van der Waals surface area contributed by atoms with Gasteiger partial charge in [-0.05, 0) is 31.5 Å². The maximum absolute atomic E-state index is 12.4. The maximum atomic E-state index is 12.4. The summed E-state index contributed by atoms with van der Waals surface area (Å²) >= 11 is 0. The monoisotopic (exact) mass is 313 g/mol. The third-order valence-electron chi connectivity index (χ3n) is 3.44. The summed E-state index contributed by atoms with van der Waals surface area (Å²) in [6, 6.07) is 8.48. The van der Waals surface area contributed by atoms with E-state index in [1.54, 1.807) is 38.1 Å². The molecule has 1 rings (SSSR count). The number of allylic oxidation sites excluding steroid dienone is 1. The molecule has 0 radical (unpaired) electrons. The molecule has 0 N–H and O–H groups in total. The quantitative estimate of drug-likeness (QED) is 0.608. The molecule has 0 spiro atoms. The minimum Gasteiger partial charge on any atom is -0.461 e. The number of esters is 1. The molecule has 0 fully saturated rings. The first-order valence-electron chi connectivity index (χ1n) is 7.40. The Balaban J connectivity index is 2.84. The van der Waals surface area contributed by atoms with Gasteiger partial charge in [0, 0.05) is 5.41 Å². The van der Waals surface area contributed by atoms with E-state index in [2.05, 4.69) is 6.58 Å². The van der Waals surface area contributed by atoms with Gasteiger partial charge in [0.15, 0.2) is 0 Å². The number of benzene rings is 1. The van der Waals surface area contributed by atoms with Crippen LogP contribution in [0.2, 0.25) is 0 Å². The molecular weight excluding hydrogens is 290 g/mol. The van der Waals surface area contributed by atoms with Gasteiger partial charge in [0.25, 0.3) is 0 Å². The summed E-state index contributed by atoms with van der Waals surface area (Å²) in [7, 11) is 0. The highest BCUT2D eigenvalue weighted by Gasteiger charge is 2.37. The van der Waals surface area contributed by atoms with Crippen LogP contribution in [0, 0.1) is 22.2 Å². The van der Waals surface area contributed by atoms with E-state index in [-0.39, 0.29) is 18.0 Å². The normalized spacial score (nSPS) is 11.5. The maximum Gasteiger partial charge on any atom is 0.338 e. The van der Waals surface area contributed by atoms with Gasteiger partial charge < -0.3 is 4.74 Å². The van der Waals surface area contributed by atoms with Crippen LogP contribution in [0.1, 0.15) is 50.5 Å².